The molecule has 156 valence electrons. The van der Waals surface area contributed by atoms with E-state index in [9.17, 15) is 4.79 Å². The predicted octanol–water partition coefficient (Wildman–Crippen LogP) is 3.93. The van der Waals surface area contributed by atoms with Gasteiger partial charge in [0.05, 0.1) is 5.69 Å². The van der Waals surface area contributed by atoms with Crippen molar-refractivity contribution in [2.45, 2.75) is 39.2 Å². The zero-order valence-electron chi connectivity index (χ0n) is 17.0. The lowest BCUT2D eigenvalue weighted by Gasteiger charge is -2.21. The average Bonchev–Trinajstić information content (AvgIpc) is 2.97. The summed E-state index contributed by atoms with van der Waals surface area (Å²) in [4.78, 5) is 23.7. The number of benzene rings is 1. The van der Waals surface area contributed by atoms with Crippen LogP contribution in [0.4, 0.5) is 5.82 Å². The molecule has 1 fully saturated rings. The number of rotatable bonds is 5. The molecule has 2 aromatic heterocycles. The Balaban J connectivity index is 1.37. The minimum Gasteiger partial charge on any atom is -0.357 e. The fourth-order valence-electron chi connectivity index (χ4n) is 3.58. The monoisotopic (exact) mass is 424 g/mol. The van der Waals surface area contributed by atoms with E-state index in [1.165, 1.54) is 25.7 Å². The summed E-state index contributed by atoms with van der Waals surface area (Å²) >= 11 is 5.94. The number of carbonyl (C=O) groups is 1. The highest BCUT2D eigenvalue weighted by molar-refractivity contribution is 6.30. The first-order valence-electron chi connectivity index (χ1n) is 10.3. The summed E-state index contributed by atoms with van der Waals surface area (Å²) in [6, 6.07) is 11.3. The Labute approximate surface area is 181 Å². The number of hydrogen-bond acceptors (Lipinski definition) is 5. The molecule has 0 spiro atoms. The van der Waals surface area contributed by atoms with E-state index >= 15 is 0 Å². The molecular weight excluding hydrogens is 400 g/mol. The maximum atomic E-state index is 12.5. The van der Waals surface area contributed by atoms with Gasteiger partial charge in [0.15, 0.2) is 0 Å². The van der Waals surface area contributed by atoms with Crippen LogP contribution in [-0.4, -0.2) is 38.7 Å². The number of aryl methyl sites for hydroxylation is 1. The molecule has 7 nitrogen and oxygen atoms in total. The van der Waals surface area contributed by atoms with Crippen molar-refractivity contribution in [3.05, 3.63) is 64.8 Å². The van der Waals surface area contributed by atoms with Gasteiger partial charge in [-0.1, -0.05) is 30.5 Å². The fourth-order valence-corrected chi connectivity index (χ4v) is 3.71. The van der Waals surface area contributed by atoms with Crippen LogP contribution in [0.5, 0.6) is 0 Å². The summed E-state index contributed by atoms with van der Waals surface area (Å²) in [6.45, 7) is 4.30. The molecule has 3 heterocycles. The predicted molar refractivity (Wildman–Crippen MR) is 117 cm³/mol. The van der Waals surface area contributed by atoms with Gasteiger partial charge in [0.2, 0.25) is 5.82 Å². The lowest BCUT2D eigenvalue weighted by atomic mass is 10.2. The van der Waals surface area contributed by atoms with Crippen molar-refractivity contribution in [1.82, 2.24) is 25.1 Å². The van der Waals surface area contributed by atoms with Gasteiger partial charge in [0.25, 0.3) is 5.91 Å². The van der Waals surface area contributed by atoms with Gasteiger partial charge in [-0.3, -0.25) is 4.79 Å². The van der Waals surface area contributed by atoms with Gasteiger partial charge in [-0.2, -0.15) is 0 Å². The molecule has 1 N–H and O–H groups in total. The number of halogens is 1. The fraction of sp³-hybridized carbons (Fsp3) is 0.364. The van der Waals surface area contributed by atoms with E-state index in [4.69, 9.17) is 11.6 Å². The second kappa shape index (κ2) is 9.26. The average molecular weight is 425 g/mol. The standard InChI is InChI=1S/C22H25ClN6O/c1-16-26-21(27-29(16)19-9-7-18(23)8-10-19)22(30)25-15-17-6-11-20(24-14-17)28-12-4-2-3-5-13-28/h6-11,14H,2-5,12-13,15H2,1H3,(H,25,30). The molecule has 1 amide bonds. The molecule has 0 unspecified atom stereocenters. The highest BCUT2D eigenvalue weighted by atomic mass is 35.5. The van der Waals surface area contributed by atoms with E-state index in [0.717, 1.165) is 30.2 Å². The van der Waals surface area contributed by atoms with Gasteiger partial charge in [0, 0.05) is 30.9 Å². The zero-order chi connectivity index (χ0) is 20.9. The van der Waals surface area contributed by atoms with E-state index in [1.807, 2.05) is 37.4 Å². The molecule has 30 heavy (non-hydrogen) atoms. The minimum absolute atomic E-state index is 0.136. The van der Waals surface area contributed by atoms with Gasteiger partial charge in [-0.25, -0.2) is 14.6 Å². The Morgan fingerprint density at radius 1 is 1.07 bits per heavy atom. The SMILES string of the molecule is Cc1nc(C(=O)NCc2ccc(N3CCCCCC3)nc2)nn1-c1ccc(Cl)cc1. The first-order chi connectivity index (χ1) is 14.6. The smallest absolute Gasteiger partial charge is 0.291 e. The number of pyridine rings is 1. The van der Waals surface area contributed by atoms with Gasteiger partial charge in [-0.05, 0) is 55.7 Å². The molecule has 0 saturated carbocycles. The lowest BCUT2D eigenvalue weighted by molar-refractivity contribution is 0.0940. The van der Waals surface area contributed by atoms with Crippen molar-refractivity contribution in [2.75, 3.05) is 18.0 Å². The largest absolute Gasteiger partial charge is 0.357 e. The Morgan fingerprint density at radius 3 is 2.47 bits per heavy atom. The molecule has 1 aromatic carbocycles. The normalized spacial score (nSPS) is 14.4. The molecular formula is C22H25ClN6O. The van der Waals surface area contributed by atoms with Crippen LogP contribution < -0.4 is 10.2 Å². The van der Waals surface area contributed by atoms with Gasteiger partial charge in [0.1, 0.15) is 11.6 Å². The molecule has 0 aliphatic carbocycles. The summed E-state index contributed by atoms with van der Waals surface area (Å²) in [5, 5.41) is 7.85. The lowest BCUT2D eigenvalue weighted by Crippen LogP contribution is -2.26. The Morgan fingerprint density at radius 2 is 1.80 bits per heavy atom. The molecule has 1 aliphatic heterocycles. The second-order valence-electron chi connectivity index (χ2n) is 7.48. The molecule has 0 atom stereocenters. The summed E-state index contributed by atoms with van der Waals surface area (Å²) < 4.78 is 1.63. The van der Waals surface area contributed by atoms with Crippen LogP contribution in [0.3, 0.4) is 0 Å². The Hall–Kier alpha value is -2.93. The maximum absolute atomic E-state index is 12.5. The molecule has 4 rings (SSSR count). The van der Waals surface area contributed by atoms with Crippen molar-refractivity contribution >= 4 is 23.3 Å². The van der Waals surface area contributed by atoms with Crippen molar-refractivity contribution in [2.24, 2.45) is 0 Å². The van der Waals surface area contributed by atoms with Crippen LogP contribution in [0, 0.1) is 6.92 Å². The number of amides is 1. The third-order valence-corrected chi connectivity index (χ3v) is 5.49. The molecule has 3 aromatic rings. The number of nitrogens with zero attached hydrogens (tertiary/aromatic N) is 5. The van der Waals surface area contributed by atoms with Crippen LogP contribution >= 0.6 is 11.6 Å². The highest BCUT2D eigenvalue weighted by Crippen LogP contribution is 2.18. The molecule has 1 saturated heterocycles. The van der Waals surface area contributed by atoms with Crippen LogP contribution in [-0.2, 0) is 6.54 Å². The minimum atomic E-state index is -0.317. The van der Waals surface area contributed by atoms with Crippen molar-refractivity contribution < 1.29 is 4.79 Å². The molecule has 0 bridgehead atoms. The number of anilines is 1. The summed E-state index contributed by atoms with van der Waals surface area (Å²) in [5.41, 5.74) is 1.74. The van der Waals surface area contributed by atoms with Gasteiger partial charge >= 0.3 is 0 Å². The van der Waals surface area contributed by atoms with Crippen molar-refractivity contribution in [3.63, 3.8) is 0 Å². The van der Waals surface area contributed by atoms with Gasteiger partial charge < -0.3 is 10.2 Å². The van der Waals surface area contributed by atoms with Crippen LogP contribution in [0.15, 0.2) is 42.6 Å². The van der Waals surface area contributed by atoms with E-state index in [-0.39, 0.29) is 11.7 Å². The molecule has 0 radical (unpaired) electrons. The topological polar surface area (TPSA) is 75.9 Å². The first-order valence-corrected chi connectivity index (χ1v) is 10.7. The zero-order valence-corrected chi connectivity index (χ0v) is 17.8. The van der Waals surface area contributed by atoms with E-state index < -0.39 is 0 Å². The van der Waals surface area contributed by atoms with Crippen LogP contribution in [0.2, 0.25) is 5.02 Å². The van der Waals surface area contributed by atoms with Crippen LogP contribution in [0.25, 0.3) is 5.69 Å². The van der Waals surface area contributed by atoms with Crippen molar-refractivity contribution in [1.29, 1.82) is 0 Å². The number of nitrogens with one attached hydrogen (secondary N) is 1. The van der Waals surface area contributed by atoms with Crippen molar-refractivity contribution in [3.8, 4) is 5.69 Å². The highest BCUT2D eigenvalue weighted by Gasteiger charge is 2.15. The van der Waals surface area contributed by atoms with Gasteiger partial charge in [-0.15, -0.1) is 5.10 Å². The Kier molecular flexibility index (Phi) is 6.28. The van der Waals surface area contributed by atoms with E-state index in [0.29, 0.717) is 17.4 Å². The summed E-state index contributed by atoms with van der Waals surface area (Å²) in [7, 11) is 0. The van der Waals surface area contributed by atoms with Crippen LogP contribution in [0.1, 0.15) is 47.7 Å². The quantitative estimate of drug-likeness (QED) is 0.671. The first kappa shape index (κ1) is 20.3. The summed E-state index contributed by atoms with van der Waals surface area (Å²) in [6.07, 6.45) is 6.85. The number of carbonyl (C=O) groups excluding carboxylic acids is 1. The number of aromatic nitrogens is 4. The maximum Gasteiger partial charge on any atom is 0.291 e. The molecule has 8 heteroatoms. The summed E-state index contributed by atoms with van der Waals surface area (Å²) in [5.74, 6) is 1.45. The van der Waals surface area contributed by atoms with E-state index in [1.54, 1.807) is 16.8 Å². The third kappa shape index (κ3) is 4.79. The van der Waals surface area contributed by atoms with E-state index in [2.05, 4.69) is 25.3 Å². The number of hydrogen-bond donors (Lipinski definition) is 1. The molecule has 1 aliphatic rings. The Bertz CT molecular complexity index is 991. The third-order valence-electron chi connectivity index (χ3n) is 5.24. The second-order valence-corrected chi connectivity index (χ2v) is 7.92.